The predicted octanol–water partition coefficient (Wildman–Crippen LogP) is 2.48. The van der Waals surface area contributed by atoms with Crippen LogP contribution in [0.5, 0.6) is 23.0 Å². The molecule has 30 heavy (non-hydrogen) atoms. The van der Waals surface area contributed by atoms with Crippen molar-refractivity contribution in [2.45, 2.75) is 25.7 Å². The van der Waals surface area contributed by atoms with Gasteiger partial charge in [-0.1, -0.05) is 6.42 Å². The fraction of sp³-hybridized carbons (Fsp3) is 0.364. The number of phenols is 4. The molecule has 0 heterocycles. The van der Waals surface area contributed by atoms with Gasteiger partial charge in [-0.3, -0.25) is 9.59 Å². The molecule has 0 radical (unpaired) electrons. The lowest BCUT2D eigenvalue weighted by atomic mass is 9.81. The van der Waals surface area contributed by atoms with Crippen LogP contribution in [0.2, 0.25) is 0 Å². The van der Waals surface area contributed by atoms with Crippen molar-refractivity contribution in [3.05, 3.63) is 47.5 Å². The highest BCUT2D eigenvalue weighted by atomic mass is 16.3. The van der Waals surface area contributed by atoms with Crippen LogP contribution in [-0.2, 0) is 0 Å². The summed E-state index contributed by atoms with van der Waals surface area (Å²) in [5, 5.41) is 43.5. The molecule has 0 bridgehead atoms. The fourth-order valence-corrected chi connectivity index (χ4v) is 3.78. The third kappa shape index (κ3) is 5.34. The molecule has 0 saturated heterocycles. The van der Waals surface area contributed by atoms with E-state index >= 15 is 0 Å². The number of amides is 2. The molecule has 2 unspecified atom stereocenters. The lowest BCUT2D eigenvalue weighted by Gasteiger charge is -2.29. The molecular weight excluding hydrogens is 388 g/mol. The van der Waals surface area contributed by atoms with Gasteiger partial charge < -0.3 is 31.1 Å². The van der Waals surface area contributed by atoms with Crippen molar-refractivity contribution in [2.75, 3.05) is 13.1 Å². The molecule has 160 valence electrons. The Morgan fingerprint density at radius 1 is 0.733 bits per heavy atom. The maximum atomic E-state index is 12.3. The average Bonchev–Trinajstić information content (AvgIpc) is 2.74. The quantitative estimate of drug-likeness (QED) is 0.402. The summed E-state index contributed by atoms with van der Waals surface area (Å²) in [4.78, 5) is 24.5. The van der Waals surface area contributed by atoms with Crippen LogP contribution in [0.25, 0.3) is 0 Å². The van der Waals surface area contributed by atoms with Crippen molar-refractivity contribution in [2.24, 2.45) is 11.8 Å². The maximum absolute atomic E-state index is 12.3. The normalized spacial score (nSPS) is 18.5. The molecule has 2 aromatic rings. The third-order valence-corrected chi connectivity index (χ3v) is 5.47. The van der Waals surface area contributed by atoms with E-state index in [1.165, 1.54) is 36.4 Å². The van der Waals surface area contributed by atoms with Crippen molar-refractivity contribution >= 4 is 11.8 Å². The van der Waals surface area contributed by atoms with Crippen LogP contribution in [0.15, 0.2) is 36.4 Å². The van der Waals surface area contributed by atoms with E-state index in [2.05, 4.69) is 10.6 Å². The molecule has 2 aromatic carbocycles. The minimum absolute atomic E-state index is 0.272. The Hall–Kier alpha value is -3.42. The molecule has 1 fully saturated rings. The number of benzene rings is 2. The van der Waals surface area contributed by atoms with Crippen molar-refractivity contribution in [3.8, 4) is 23.0 Å². The first-order chi connectivity index (χ1) is 14.3. The Morgan fingerprint density at radius 3 is 1.57 bits per heavy atom. The highest BCUT2D eigenvalue weighted by Crippen LogP contribution is 2.29. The van der Waals surface area contributed by atoms with E-state index in [4.69, 9.17) is 0 Å². The first kappa shape index (κ1) is 21.3. The van der Waals surface area contributed by atoms with E-state index in [0.717, 1.165) is 25.7 Å². The standard InChI is InChI=1S/C22H26N2O6/c25-17-6-4-15(9-19(17)27)21(29)23-11-13-2-1-3-14(8-13)12-24-22(30)16-5-7-18(26)20(28)10-16/h4-7,9-10,13-14,25-28H,1-3,8,11-12H2,(H,23,29)(H,24,30). The Labute approximate surface area is 174 Å². The minimum Gasteiger partial charge on any atom is -0.504 e. The van der Waals surface area contributed by atoms with Gasteiger partial charge in [0.1, 0.15) is 0 Å². The van der Waals surface area contributed by atoms with Crippen LogP contribution < -0.4 is 10.6 Å². The van der Waals surface area contributed by atoms with Gasteiger partial charge in [-0.25, -0.2) is 0 Å². The zero-order valence-electron chi connectivity index (χ0n) is 16.5. The lowest BCUT2D eigenvalue weighted by Crippen LogP contribution is -2.35. The number of hydrogen-bond acceptors (Lipinski definition) is 6. The summed E-state index contributed by atoms with van der Waals surface area (Å²) in [6.45, 7) is 0.994. The van der Waals surface area contributed by atoms with Gasteiger partial charge in [-0.05, 0) is 67.5 Å². The summed E-state index contributed by atoms with van der Waals surface area (Å²) < 4.78 is 0. The zero-order valence-corrected chi connectivity index (χ0v) is 16.5. The molecule has 6 N–H and O–H groups in total. The summed E-state index contributed by atoms with van der Waals surface area (Å²) in [7, 11) is 0. The van der Waals surface area contributed by atoms with Gasteiger partial charge in [0.15, 0.2) is 23.0 Å². The van der Waals surface area contributed by atoms with Crippen LogP contribution in [0.1, 0.15) is 46.4 Å². The molecule has 8 heteroatoms. The van der Waals surface area contributed by atoms with Gasteiger partial charge >= 0.3 is 0 Å². The van der Waals surface area contributed by atoms with Crippen LogP contribution in [0.4, 0.5) is 0 Å². The molecule has 0 aliphatic heterocycles. The Morgan fingerprint density at radius 2 is 1.17 bits per heavy atom. The Kier molecular flexibility index (Phi) is 6.66. The molecule has 2 amide bonds. The summed E-state index contributed by atoms with van der Waals surface area (Å²) in [6, 6.07) is 7.90. The highest BCUT2D eigenvalue weighted by Gasteiger charge is 2.23. The number of carbonyl (C=O) groups is 2. The average molecular weight is 414 g/mol. The molecule has 1 aliphatic carbocycles. The maximum Gasteiger partial charge on any atom is 0.251 e. The van der Waals surface area contributed by atoms with Gasteiger partial charge in [0, 0.05) is 24.2 Å². The monoisotopic (exact) mass is 414 g/mol. The van der Waals surface area contributed by atoms with Gasteiger partial charge in [0.25, 0.3) is 11.8 Å². The zero-order chi connectivity index (χ0) is 21.7. The van der Waals surface area contributed by atoms with E-state index in [-0.39, 0.29) is 57.8 Å². The number of phenolic OH excluding ortho intramolecular Hbond substituents is 4. The fourth-order valence-electron chi connectivity index (χ4n) is 3.78. The molecular formula is C22H26N2O6. The third-order valence-electron chi connectivity index (χ3n) is 5.47. The Balaban J connectivity index is 1.46. The number of aromatic hydroxyl groups is 4. The molecule has 0 spiro atoms. The van der Waals surface area contributed by atoms with Gasteiger partial charge in [-0.15, -0.1) is 0 Å². The van der Waals surface area contributed by atoms with Gasteiger partial charge in [0.2, 0.25) is 0 Å². The summed E-state index contributed by atoms with van der Waals surface area (Å²) in [6.07, 6.45) is 3.83. The number of hydrogen-bond donors (Lipinski definition) is 6. The first-order valence-electron chi connectivity index (χ1n) is 9.94. The van der Waals surface area contributed by atoms with E-state index in [0.29, 0.717) is 13.1 Å². The van der Waals surface area contributed by atoms with Crippen LogP contribution in [0.3, 0.4) is 0 Å². The number of nitrogens with one attached hydrogen (secondary N) is 2. The van der Waals surface area contributed by atoms with Gasteiger partial charge in [-0.2, -0.15) is 0 Å². The van der Waals surface area contributed by atoms with Crippen LogP contribution >= 0.6 is 0 Å². The molecule has 1 aliphatic rings. The van der Waals surface area contributed by atoms with E-state index in [1.54, 1.807) is 0 Å². The van der Waals surface area contributed by atoms with E-state index in [9.17, 15) is 30.0 Å². The summed E-state index contributed by atoms with van der Waals surface area (Å²) in [5.41, 5.74) is 0.559. The smallest absolute Gasteiger partial charge is 0.251 e. The predicted molar refractivity (Wildman–Crippen MR) is 110 cm³/mol. The number of rotatable bonds is 6. The second kappa shape index (κ2) is 9.39. The van der Waals surface area contributed by atoms with E-state index < -0.39 is 0 Å². The summed E-state index contributed by atoms with van der Waals surface area (Å²) in [5.74, 6) is -1.27. The first-order valence-corrected chi connectivity index (χ1v) is 9.94. The van der Waals surface area contributed by atoms with Crippen LogP contribution in [-0.4, -0.2) is 45.3 Å². The molecule has 2 atom stereocenters. The van der Waals surface area contributed by atoms with Crippen molar-refractivity contribution in [1.82, 2.24) is 10.6 Å². The topological polar surface area (TPSA) is 139 Å². The SMILES string of the molecule is O=C(NCC1CCCC(CNC(=O)c2ccc(O)c(O)c2)C1)c1ccc(O)c(O)c1. The second-order valence-electron chi connectivity index (χ2n) is 7.73. The minimum atomic E-state index is -0.335. The number of carbonyl (C=O) groups excluding carboxylic acids is 2. The van der Waals surface area contributed by atoms with Crippen molar-refractivity contribution in [1.29, 1.82) is 0 Å². The molecule has 1 saturated carbocycles. The van der Waals surface area contributed by atoms with Crippen molar-refractivity contribution in [3.63, 3.8) is 0 Å². The molecule has 8 nitrogen and oxygen atoms in total. The Bertz CT molecular complexity index is 856. The molecule has 0 aromatic heterocycles. The highest BCUT2D eigenvalue weighted by molar-refractivity contribution is 5.95. The lowest BCUT2D eigenvalue weighted by molar-refractivity contribution is 0.0935. The van der Waals surface area contributed by atoms with Gasteiger partial charge in [0.05, 0.1) is 0 Å². The largest absolute Gasteiger partial charge is 0.504 e. The molecule has 3 rings (SSSR count). The van der Waals surface area contributed by atoms with Crippen molar-refractivity contribution < 1.29 is 30.0 Å². The van der Waals surface area contributed by atoms with Crippen LogP contribution in [0, 0.1) is 11.8 Å². The summed E-state index contributed by atoms with van der Waals surface area (Å²) >= 11 is 0. The second-order valence-corrected chi connectivity index (χ2v) is 7.73. The van der Waals surface area contributed by atoms with E-state index in [1.807, 2.05) is 0 Å².